The molecule has 4 bridgehead atoms. The number of carbonyl (C=O) groups excluding carboxylic acids is 1. The van der Waals surface area contributed by atoms with Gasteiger partial charge in [0, 0.05) is 11.8 Å². The van der Waals surface area contributed by atoms with Crippen molar-refractivity contribution in [2.45, 2.75) is 73.2 Å². The van der Waals surface area contributed by atoms with Crippen LogP contribution in [0.2, 0.25) is 0 Å². The van der Waals surface area contributed by atoms with Crippen molar-refractivity contribution in [1.82, 2.24) is 0 Å². The highest BCUT2D eigenvalue weighted by Crippen LogP contribution is 2.64. The molecular formula is C18H17F10NO6. The Morgan fingerprint density at radius 3 is 1.77 bits per heavy atom. The Kier molecular flexibility index (Phi) is 5.47. The van der Waals surface area contributed by atoms with Gasteiger partial charge in [0.05, 0.1) is 0 Å². The van der Waals surface area contributed by atoms with Gasteiger partial charge in [0.25, 0.3) is 0 Å². The summed E-state index contributed by atoms with van der Waals surface area (Å²) < 4.78 is 152. The fourth-order valence-corrected chi connectivity index (χ4v) is 5.80. The summed E-state index contributed by atoms with van der Waals surface area (Å²) in [7, 11) is 0. The van der Waals surface area contributed by atoms with Crippen LogP contribution in [0.1, 0.15) is 32.1 Å². The van der Waals surface area contributed by atoms with Gasteiger partial charge < -0.3 is 14.2 Å². The molecule has 0 aromatic heterocycles. The van der Waals surface area contributed by atoms with Gasteiger partial charge >= 0.3 is 35.7 Å². The van der Waals surface area contributed by atoms with E-state index in [1.807, 2.05) is 0 Å². The van der Waals surface area contributed by atoms with E-state index in [1.54, 1.807) is 0 Å². The first kappa shape index (κ1) is 26.2. The third kappa shape index (κ3) is 3.50. The van der Waals surface area contributed by atoms with Gasteiger partial charge in [-0.15, -0.1) is 8.78 Å². The van der Waals surface area contributed by atoms with E-state index in [0.717, 1.165) is 0 Å². The molecule has 7 nitrogen and oxygen atoms in total. The first-order chi connectivity index (χ1) is 15.7. The minimum Gasteiger partial charge on any atom is -0.454 e. The predicted octanol–water partition coefficient (Wildman–Crippen LogP) is 4.26. The van der Waals surface area contributed by atoms with Gasteiger partial charge in [0.15, 0.2) is 5.79 Å². The molecular weight excluding hydrogens is 516 g/mol. The van der Waals surface area contributed by atoms with Gasteiger partial charge in [-0.05, 0) is 38.0 Å². The van der Waals surface area contributed by atoms with E-state index >= 15 is 0 Å². The maximum absolute atomic E-state index is 14.1. The molecule has 1 aliphatic heterocycles. The number of rotatable bonds is 5. The molecule has 1 saturated heterocycles. The third-order valence-corrected chi connectivity index (χ3v) is 7.33. The van der Waals surface area contributed by atoms with Gasteiger partial charge in [0.2, 0.25) is 0 Å². The first-order valence-corrected chi connectivity index (χ1v) is 10.3. The second kappa shape index (κ2) is 7.32. The van der Waals surface area contributed by atoms with Crippen molar-refractivity contribution in [2.75, 3.05) is 13.2 Å². The Hall–Kier alpha value is -1.91. The summed E-state index contributed by atoms with van der Waals surface area (Å²) in [5.41, 5.74) is -1.97. The minimum absolute atomic E-state index is 0.0961. The molecule has 2 atom stereocenters. The number of ether oxygens (including phenoxy) is 3. The molecule has 0 radical (unpaired) electrons. The van der Waals surface area contributed by atoms with Crippen LogP contribution in [0, 0.1) is 27.9 Å². The van der Waals surface area contributed by atoms with Crippen molar-refractivity contribution < 1.29 is 67.8 Å². The Morgan fingerprint density at radius 1 is 0.886 bits per heavy atom. The van der Waals surface area contributed by atoms with Crippen LogP contribution in [-0.2, 0) is 19.0 Å². The summed E-state index contributed by atoms with van der Waals surface area (Å²) in [5, 5.41) is 10.2. The molecule has 5 aliphatic rings. The number of hydrogen-bond donors (Lipinski definition) is 0. The summed E-state index contributed by atoms with van der Waals surface area (Å²) in [5.74, 6) is -30.0. The molecule has 0 amide bonds. The van der Waals surface area contributed by atoms with Gasteiger partial charge in [-0.25, -0.2) is 4.79 Å². The van der Waals surface area contributed by atoms with E-state index in [-0.39, 0.29) is 19.3 Å². The third-order valence-electron chi connectivity index (χ3n) is 7.33. The van der Waals surface area contributed by atoms with E-state index in [4.69, 9.17) is 9.47 Å². The minimum atomic E-state index is -6.76. The molecule has 17 heteroatoms. The Bertz CT molecular complexity index is 891. The van der Waals surface area contributed by atoms with Crippen LogP contribution in [0.3, 0.4) is 0 Å². The van der Waals surface area contributed by atoms with E-state index < -0.39 is 95.8 Å². The van der Waals surface area contributed by atoms with Crippen molar-refractivity contribution >= 4 is 5.97 Å². The SMILES string of the molecule is O=C(OC12CC3CC(C1)C1(OCC(F)(F)C(F)(F)CO1)C(C3)C2)C(F)(F)C(F)(F)C(F)(F)[N+](=O)[O-]. The van der Waals surface area contributed by atoms with Gasteiger partial charge in [0.1, 0.15) is 23.7 Å². The second-order valence-corrected chi connectivity index (χ2v) is 9.57. The van der Waals surface area contributed by atoms with Crippen molar-refractivity contribution in [2.24, 2.45) is 17.8 Å². The fourth-order valence-electron chi connectivity index (χ4n) is 5.80. The standard InChI is InChI=1S/C18H17F10NO6/c19-13(20)6-33-15(34-7-14(13,21)22)9-1-8-2-10(15)5-12(3-8,4-9)35-11(30)16(23,24)17(25,26)18(27,28)29(31)32/h8-10H,1-7H2. The van der Waals surface area contributed by atoms with Crippen molar-refractivity contribution in [3.8, 4) is 0 Å². The number of nitrogens with zero attached hydrogens (tertiary/aromatic N) is 1. The van der Waals surface area contributed by atoms with Gasteiger partial charge in [-0.3, -0.25) is 10.1 Å². The highest BCUT2D eigenvalue weighted by molar-refractivity contribution is 5.79. The molecule has 5 fully saturated rings. The molecule has 4 saturated carbocycles. The normalized spacial score (nSPS) is 35.5. The van der Waals surface area contributed by atoms with Crippen molar-refractivity contribution in [3.63, 3.8) is 0 Å². The zero-order valence-corrected chi connectivity index (χ0v) is 17.4. The van der Waals surface area contributed by atoms with E-state index in [2.05, 4.69) is 4.74 Å². The average Bonchev–Trinajstić information content (AvgIpc) is 2.80. The lowest BCUT2D eigenvalue weighted by Gasteiger charge is -2.63. The summed E-state index contributed by atoms with van der Waals surface area (Å²) >= 11 is 0. The van der Waals surface area contributed by atoms with Gasteiger partial charge in [-0.1, -0.05) is 0 Å². The Balaban J connectivity index is 1.58. The van der Waals surface area contributed by atoms with Crippen LogP contribution < -0.4 is 0 Å². The number of alkyl halides is 10. The number of hydrogen-bond acceptors (Lipinski definition) is 6. The summed E-state index contributed by atoms with van der Waals surface area (Å²) in [4.78, 5) is 19.2. The van der Waals surface area contributed by atoms with E-state index in [1.165, 1.54) is 0 Å². The Labute approximate surface area is 189 Å². The molecule has 0 N–H and O–H groups in total. The molecule has 35 heavy (non-hydrogen) atoms. The number of carbonyl (C=O) groups is 1. The number of halogens is 10. The average molecular weight is 533 g/mol. The van der Waals surface area contributed by atoms with Crippen LogP contribution in [0.5, 0.6) is 0 Å². The lowest BCUT2D eigenvalue weighted by molar-refractivity contribution is -0.682. The topological polar surface area (TPSA) is 87.9 Å². The molecule has 1 spiro atoms. The molecule has 4 aliphatic carbocycles. The zero-order chi connectivity index (χ0) is 26.5. The van der Waals surface area contributed by atoms with E-state index in [9.17, 15) is 58.8 Å². The van der Waals surface area contributed by atoms with Crippen LogP contribution in [0.4, 0.5) is 43.9 Å². The molecule has 200 valence electrons. The predicted molar refractivity (Wildman–Crippen MR) is 88.7 cm³/mol. The van der Waals surface area contributed by atoms with Crippen molar-refractivity contribution in [3.05, 3.63) is 10.1 Å². The maximum Gasteiger partial charge on any atom is 0.583 e. The summed E-state index contributed by atoms with van der Waals surface area (Å²) in [6.07, 6.45) is -1.04. The van der Waals surface area contributed by atoms with Crippen LogP contribution in [0.25, 0.3) is 0 Å². The summed E-state index contributed by atoms with van der Waals surface area (Å²) in [6.45, 7) is -3.46. The van der Waals surface area contributed by atoms with Crippen LogP contribution in [0.15, 0.2) is 0 Å². The zero-order valence-electron chi connectivity index (χ0n) is 17.4. The maximum atomic E-state index is 14.1. The first-order valence-electron chi connectivity index (χ1n) is 10.3. The van der Waals surface area contributed by atoms with Crippen molar-refractivity contribution in [1.29, 1.82) is 0 Å². The lowest BCUT2D eigenvalue weighted by atomic mass is 9.51. The monoisotopic (exact) mass is 533 g/mol. The molecule has 0 aromatic rings. The Morgan fingerprint density at radius 2 is 1.34 bits per heavy atom. The summed E-state index contributed by atoms with van der Waals surface area (Å²) in [6, 6.07) is -6.51. The van der Waals surface area contributed by atoms with Crippen LogP contribution in [-0.4, -0.2) is 65.2 Å². The lowest BCUT2D eigenvalue weighted by Crippen LogP contribution is -2.68. The smallest absolute Gasteiger partial charge is 0.454 e. The molecule has 1 heterocycles. The van der Waals surface area contributed by atoms with E-state index in [0.29, 0.717) is 0 Å². The highest BCUT2D eigenvalue weighted by atomic mass is 19.3. The molecule has 5 rings (SSSR count). The van der Waals surface area contributed by atoms with Crippen LogP contribution >= 0.6 is 0 Å². The molecule has 0 aromatic carbocycles. The largest absolute Gasteiger partial charge is 0.583 e. The fraction of sp³-hybridized carbons (Fsp3) is 0.944. The van der Waals surface area contributed by atoms with Gasteiger partial charge in [-0.2, -0.15) is 35.1 Å². The highest BCUT2D eigenvalue weighted by Gasteiger charge is 2.84. The number of esters is 1. The number of nitro groups is 1. The second-order valence-electron chi connectivity index (χ2n) is 9.57. The molecule has 2 unspecified atom stereocenters. The quantitative estimate of drug-likeness (QED) is 0.173.